The molecule has 0 atom stereocenters. The van der Waals surface area contributed by atoms with Gasteiger partial charge in [0, 0.05) is 3.57 Å². The Bertz CT molecular complexity index is 241. The molecular formula is C10H13I. The summed E-state index contributed by atoms with van der Waals surface area (Å²) in [6, 6.07) is 6.53. The van der Waals surface area contributed by atoms with Gasteiger partial charge in [0.15, 0.2) is 0 Å². The molecule has 0 heterocycles. The summed E-state index contributed by atoms with van der Waals surface area (Å²) in [5.41, 5.74) is 2.89. The van der Waals surface area contributed by atoms with Crippen molar-refractivity contribution in [3.63, 3.8) is 0 Å². The first-order valence-corrected chi connectivity index (χ1v) is 5.07. The molecule has 0 saturated carbocycles. The topological polar surface area (TPSA) is 0 Å². The van der Waals surface area contributed by atoms with Gasteiger partial charge in [-0.25, -0.2) is 0 Å². The lowest BCUT2D eigenvalue weighted by Crippen LogP contribution is -1.90. The van der Waals surface area contributed by atoms with E-state index in [0.717, 1.165) is 0 Å². The second-order valence-electron chi connectivity index (χ2n) is 2.80. The SMILES string of the molecule is CCCc1cccc(C)c1I. The molecular weight excluding hydrogens is 247 g/mol. The minimum atomic E-state index is 1.21. The zero-order chi connectivity index (χ0) is 8.27. The first kappa shape index (κ1) is 9.04. The van der Waals surface area contributed by atoms with E-state index in [4.69, 9.17) is 0 Å². The molecule has 0 aromatic heterocycles. The second-order valence-corrected chi connectivity index (χ2v) is 3.88. The van der Waals surface area contributed by atoms with E-state index in [0.29, 0.717) is 0 Å². The average Bonchev–Trinajstić information content (AvgIpc) is 1.99. The van der Waals surface area contributed by atoms with Crippen molar-refractivity contribution in [1.29, 1.82) is 0 Å². The van der Waals surface area contributed by atoms with Crippen molar-refractivity contribution in [1.82, 2.24) is 0 Å². The molecule has 0 nitrogen and oxygen atoms in total. The van der Waals surface area contributed by atoms with Crippen LogP contribution in [-0.4, -0.2) is 0 Å². The highest BCUT2D eigenvalue weighted by molar-refractivity contribution is 14.1. The zero-order valence-corrected chi connectivity index (χ0v) is 9.18. The molecule has 0 amide bonds. The minimum Gasteiger partial charge on any atom is -0.0651 e. The van der Waals surface area contributed by atoms with E-state index >= 15 is 0 Å². The van der Waals surface area contributed by atoms with Gasteiger partial charge in [-0.3, -0.25) is 0 Å². The van der Waals surface area contributed by atoms with Crippen LogP contribution in [0.25, 0.3) is 0 Å². The van der Waals surface area contributed by atoms with Crippen molar-refractivity contribution < 1.29 is 0 Å². The molecule has 0 N–H and O–H groups in total. The van der Waals surface area contributed by atoms with E-state index in [2.05, 4.69) is 54.6 Å². The lowest BCUT2D eigenvalue weighted by molar-refractivity contribution is 0.914. The summed E-state index contributed by atoms with van der Waals surface area (Å²) in [4.78, 5) is 0. The molecule has 0 aliphatic rings. The van der Waals surface area contributed by atoms with Gasteiger partial charge in [0.1, 0.15) is 0 Å². The normalized spacial score (nSPS) is 10.1. The molecule has 0 unspecified atom stereocenters. The van der Waals surface area contributed by atoms with Crippen molar-refractivity contribution in [2.75, 3.05) is 0 Å². The van der Waals surface area contributed by atoms with E-state index in [1.165, 1.54) is 27.5 Å². The Morgan fingerprint density at radius 1 is 1.36 bits per heavy atom. The van der Waals surface area contributed by atoms with Crippen LogP contribution in [0.1, 0.15) is 24.5 Å². The van der Waals surface area contributed by atoms with Gasteiger partial charge in [0.2, 0.25) is 0 Å². The standard InChI is InChI=1S/C10H13I/c1-3-5-9-7-4-6-8(2)10(9)11/h4,6-7H,3,5H2,1-2H3. The maximum Gasteiger partial charge on any atom is 0.0191 e. The first-order valence-electron chi connectivity index (χ1n) is 3.99. The molecule has 0 bridgehead atoms. The average molecular weight is 260 g/mol. The first-order chi connectivity index (χ1) is 5.25. The molecule has 0 spiro atoms. The molecule has 0 fully saturated rings. The Labute approximate surface area is 82.2 Å². The fraction of sp³-hybridized carbons (Fsp3) is 0.400. The Morgan fingerprint density at radius 2 is 2.09 bits per heavy atom. The van der Waals surface area contributed by atoms with E-state index in [1.54, 1.807) is 0 Å². The summed E-state index contributed by atoms with van der Waals surface area (Å²) in [5.74, 6) is 0. The van der Waals surface area contributed by atoms with Gasteiger partial charge in [-0.1, -0.05) is 31.5 Å². The fourth-order valence-corrected chi connectivity index (χ4v) is 1.80. The smallest absolute Gasteiger partial charge is 0.0191 e. The molecule has 1 aromatic carbocycles. The minimum absolute atomic E-state index is 1.21. The van der Waals surface area contributed by atoms with E-state index in [1.807, 2.05) is 0 Å². The lowest BCUT2D eigenvalue weighted by Gasteiger charge is -2.04. The van der Waals surface area contributed by atoms with Crippen LogP contribution in [0, 0.1) is 10.5 Å². The molecule has 0 radical (unpaired) electrons. The lowest BCUT2D eigenvalue weighted by atomic mass is 10.1. The maximum atomic E-state index is 2.43. The summed E-state index contributed by atoms with van der Waals surface area (Å²) in [7, 11) is 0. The highest BCUT2D eigenvalue weighted by Gasteiger charge is 1.99. The van der Waals surface area contributed by atoms with Crippen LogP contribution < -0.4 is 0 Å². The van der Waals surface area contributed by atoms with Crippen LogP contribution in [0.2, 0.25) is 0 Å². The number of benzene rings is 1. The highest BCUT2D eigenvalue weighted by Crippen LogP contribution is 2.17. The van der Waals surface area contributed by atoms with Crippen LogP contribution in [-0.2, 0) is 6.42 Å². The number of rotatable bonds is 2. The van der Waals surface area contributed by atoms with Crippen LogP contribution >= 0.6 is 22.6 Å². The third kappa shape index (κ3) is 2.19. The number of aryl methyl sites for hydroxylation is 2. The molecule has 0 aliphatic heterocycles. The summed E-state index contributed by atoms with van der Waals surface area (Å²) < 4.78 is 1.44. The Morgan fingerprint density at radius 3 is 2.73 bits per heavy atom. The van der Waals surface area contributed by atoms with Crippen LogP contribution in [0.3, 0.4) is 0 Å². The second kappa shape index (κ2) is 4.10. The molecule has 0 saturated heterocycles. The van der Waals surface area contributed by atoms with Crippen molar-refractivity contribution in [3.8, 4) is 0 Å². The van der Waals surface area contributed by atoms with Gasteiger partial charge in [0.05, 0.1) is 0 Å². The molecule has 1 rings (SSSR count). The zero-order valence-electron chi connectivity index (χ0n) is 7.02. The summed E-state index contributed by atoms with van der Waals surface area (Å²) in [5, 5.41) is 0. The molecule has 0 aliphatic carbocycles. The predicted molar refractivity (Wildman–Crippen MR) is 57.9 cm³/mol. The molecule has 1 heteroatoms. The largest absolute Gasteiger partial charge is 0.0651 e. The van der Waals surface area contributed by atoms with Gasteiger partial charge < -0.3 is 0 Å². The van der Waals surface area contributed by atoms with Gasteiger partial charge in [0.25, 0.3) is 0 Å². The van der Waals surface area contributed by atoms with E-state index < -0.39 is 0 Å². The monoisotopic (exact) mass is 260 g/mol. The van der Waals surface area contributed by atoms with Crippen molar-refractivity contribution in [2.24, 2.45) is 0 Å². The molecule has 60 valence electrons. The van der Waals surface area contributed by atoms with Crippen LogP contribution in [0.15, 0.2) is 18.2 Å². The van der Waals surface area contributed by atoms with Crippen molar-refractivity contribution in [2.45, 2.75) is 26.7 Å². The fourth-order valence-electron chi connectivity index (χ4n) is 1.17. The Hall–Kier alpha value is -0.0500. The number of halogens is 1. The quantitative estimate of drug-likeness (QED) is 0.713. The van der Waals surface area contributed by atoms with Crippen molar-refractivity contribution >= 4 is 22.6 Å². The van der Waals surface area contributed by atoms with Gasteiger partial charge in [-0.05, 0) is 47.1 Å². The Kier molecular flexibility index (Phi) is 3.37. The van der Waals surface area contributed by atoms with E-state index in [9.17, 15) is 0 Å². The summed E-state index contributed by atoms with van der Waals surface area (Å²) in [6.45, 7) is 4.39. The van der Waals surface area contributed by atoms with Gasteiger partial charge in [-0.15, -0.1) is 0 Å². The van der Waals surface area contributed by atoms with Crippen LogP contribution in [0.5, 0.6) is 0 Å². The molecule has 11 heavy (non-hydrogen) atoms. The number of hydrogen-bond donors (Lipinski definition) is 0. The van der Waals surface area contributed by atoms with E-state index in [-0.39, 0.29) is 0 Å². The van der Waals surface area contributed by atoms with Crippen molar-refractivity contribution in [3.05, 3.63) is 32.9 Å². The van der Waals surface area contributed by atoms with Crippen LogP contribution in [0.4, 0.5) is 0 Å². The Balaban J connectivity index is 2.96. The maximum absolute atomic E-state index is 2.43. The summed E-state index contributed by atoms with van der Waals surface area (Å²) in [6.07, 6.45) is 2.44. The third-order valence-electron chi connectivity index (χ3n) is 1.79. The number of hydrogen-bond acceptors (Lipinski definition) is 0. The summed E-state index contributed by atoms with van der Waals surface area (Å²) >= 11 is 2.43. The van der Waals surface area contributed by atoms with Gasteiger partial charge in [-0.2, -0.15) is 0 Å². The molecule has 1 aromatic rings. The predicted octanol–water partition coefficient (Wildman–Crippen LogP) is 3.55. The highest BCUT2D eigenvalue weighted by atomic mass is 127. The van der Waals surface area contributed by atoms with Gasteiger partial charge >= 0.3 is 0 Å². The third-order valence-corrected chi connectivity index (χ3v) is 3.33.